The zero-order chi connectivity index (χ0) is 18.3. The molecule has 0 aliphatic heterocycles. The van der Waals surface area contributed by atoms with Gasteiger partial charge >= 0.3 is 0 Å². The molecular weight excluding hydrogens is 326 g/mol. The lowest BCUT2D eigenvalue weighted by Gasteiger charge is -2.15. The Balaban J connectivity index is 1.88. The summed E-state index contributed by atoms with van der Waals surface area (Å²) in [6, 6.07) is 3.87. The summed E-state index contributed by atoms with van der Waals surface area (Å²) in [5.74, 6) is 1.17. The van der Waals surface area contributed by atoms with Gasteiger partial charge in [-0.25, -0.2) is 9.97 Å². The van der Waals surface area contributed by atoms with Gasteiger partial charge in [0.1, 0.15) is 11.6 Å². The molecule has 3 heterocycles. The van der Waals surface area contributed by atoms with E-state index in [1.54, 1.807) is 12.4 Å². The van der Waals surface area contributed by atoms with E-state index in [0.717, 1.165) is 52.4 Å². The number of nitrogens with zero attached hydrogens (tertiary/aromatic N) is 3. The van der Waals surface area contributed by atoms with Crippen molar-refractivity contribution in [2.45, 2.75) is 33.1 Å². The van der Waals surface area contributed by atoms with Gasteiger partial charge in [-0.3, -0.25) is 9.78 Å². The molecule has 6 heteroatoms. The van der Waals surface area contributed by atoms with E-state index in [1.165, 1.54) is 0 Å². The number of anilines is 2. The lowest BCUT2D eigenvalue weighted by atomic mass is 9.97. The van der Waals surface area contributed by atoms with Crippen molar-refractivity contribution in [2.24, 2.45) is 5.92 Å². The quantitative estimate of drug-likeness (QED) is 0.753. The predicted molar refractivity (Wildman–Crippen MR) is 103 cm³/mol. The Labute approximate surface area is 151 Å². The van der Waals surface area contributed by atoms with Crippen LogP contribution in [0, 0.1) is 12.8 Å². The number of hydrogen-bond acceptors (Lipinski definition) is 5. The zero-order valence-corrected chi connectivity index (χ0v) is 14.9. The van der Waals surface area contributed by atoms with Crippen molar-refractivity contribution in [3.8, 4) is 11.3 Å². The summed E-state index contributed by atoms with van der Waals surface area (Å²) in [4.78, 5) is 25.3. The summed E-state index contributed by atoms with van der Waals surface area (Å²) >= 11 is 0. The Bertz CT molecular complexity index is 1010. The first-order chi connectivity index (χ1) is 12.6. The fourth-order valence-corrected chi connectivity index (χ4v) is 3.22. The molecule has 3 aromatic rings. The summed E-state index contributed by atoms with van der Waals surface area (Å²) < 4.78 is 0. The van der Waals surface area contributed by atoms with Crippen LogP contribution in [0.4, 0.5) is 11.6 Å². The van der Waals surface area contributed by atoms with E-state index in [1.807, 2.05) is 25.3 Å². The summed E-state index contributed by atoms with van der Waals surface area (Å²) in [6.45, 7) is 4.12. The minimum Gasteiger partial charge on any atom is -0.383 e. The van der Waals surface area contributed by atoms with Gasteiger partial charge in [0.25, 0.3) is 0 Å². The molecule has 0 radical (unpaired) electrons. The Morgan fingerprint density at radius 3 is 2.81 bits per heavy atom. The maximum atomic E-state index is 12.1. The maximum absolute atomic E-state index is 12.1. The van der Waals surface area contributed by atoms with Crippen LogP contribution in [-0.4, -0.2) is 20.9 Å². The van der Waals surface area contributed by atoms with E-state index in [4.69, 9.17) is 5.73 Å². The molecular formula is C20H21N5O. The van der Waals surface area contributed by atoms with Crippen molar-refractivity contribution in [1.82, 2.24) is 15.0 Å². The number of carbonyl (C=O) groups is 1. The van der Waals surface area contributed by atoms with Crippen LogP contribution in [0.5, 0.6) is 0 Å². The lowest BCUT2D eigenvalue weighted by Crippen LogP contribution is -2.14. The largest absolute Gasteiger partial charge is 0.383 e. The average molecular weight is 347 g/mol. The normalized spacial score (nSPS) is 13.8. The number of amides is 1. The minimum absolute atomic E-state index is 0.0419. The molecule has 1 aliphatic rings. The van der Waals surface area contributed by atoms with E-state index in [-0.39, 0.29) is 11.8 Å². The molecule has 0 aromatic carbocycles. The molecule has 0 atom stereocenters. The van der Waals surface area contributed by atoms with Crippen molar-refractivity contribution >= 4 is 28.3 Å². The lowest BCUT2D eigenvalue weighted by molar-refractivity contribution is -0.117. The first-order valence-electron chi connectivity index (χ1n) is 8.88. The maximum Gasteiger partial charge on any atom is 0.228 e. The number of nitrogens with two attached hydrogens (primary N) is 1. The van der Waals surface area contributed by atoms with E-state index in [9.17, 15) is 4.79 Å². The smallest absolute Gasteiger partial charge is 0.228 e. The Hall–Kier alpha value is -3.02. The third kappa shape index (κ3) is 2.87. The average Bonchev–Trinajstić information content (AvgIpc) is 3.47. The van der Waals surface area contributed by atoms with Crippen molar-refractivity contribution in [3.63, 3.8) is 0 Å². The van der Waals surface area contributed by atoms with Crippen LogP contribution in [0.25, 0.3) is 22.0 Å². The number of aryl methyl sites for hydroxylation is 2. The standard InChI is InChI=1S/C20H21N5O/c1-3-13-14-8-17(24-20(26)12-4-5-12)23-10-16(14)19(21)25-18(13)15-9-22-7-6-11(15)2/h6-10,12H,3-5H2,1-2H3,(H2,21,25)(H,23,24,26). The van der Waals surface area contributed by atoms with Crippen LogP contribution >= 0.6 is 0 Å². The molecule has 1 fully saturated rings. The highest BCUT2D eigenvalue weighted by Crippen LogP contribution is 2.34. The third-order valence-corrected chi connectivity index (χ3v) is 4.87. The first-order valence-corrected chi connectivity index (χ1v) is 8.88. The van der Waals surface area contributed by atoms with Crippen LogP contribution in [-0.2, 0) is 11.2 Å². The molecule has 4 rings (SSSR count). The van der Waals surface area contributed by atoms with Crippen LogP contribution in [0.3, 0.4) is 0 Å². The van der Waals surface area contributed by atoms with E-state index < -0.39 is 0 Å². The summed E-state index contributed by atoms with van der Waals surface area (Å²) in [5, 5.41) is 4.69. The highest BCUT2D eigenvalue weighted by Gasteiger charge is 2.30. The monoisotopic (exact) mass is 347 g/mol. The molecule has 1 aliphatic carbocycles. The molecule has 1 saturated carbocycles. The zero-order valence-electron chi connectivity index (χ0n) is 14.9. The molecule has 0 spiro atoms. The van der Waals surface area contributed by atoms with Gasteiger partial charge in [-0.2, -0.15) is 0 Å². The summed E-state index contributed by atoms with van der Waals surface area (Å²) in [5.41, 5.74) is 10.2. The summed E-state index contributed by atoms with van der Waals surface area (Å²) in [6.07, 6.45) is 7.98. The molecule has 3 aromatic heterocycles. The predicted octanol–water partition coefficient (Wildman–Crippen LogP) is 3.49. The van der Waals surface area contributed by atoms with Crippen LogP contribution < -0.4 is 11.1 Å². The third-order valence-electron chi connectivity index (χ3n) is 4.87. The molecule has 26 heavy (non-hydrogen) atoms. The number of aromatic nitrogens is 3. The van der Waals surface area contributed by atoms with Gasteiger partial charge in [0, 0.05) is 35.5 Å². The van der Waals surface area contributed by atoms with Crippen molar-refractivity contribution in [3.05, 3.63) is 41.9 Å². The number of rotatable bonds is 4. The van der Waals surface area contributed by atoms with Gasteiger partial charge in [-0.15, -0.1) is 0 Å². The molecule has 6 nitrogen and oxygen atoms in total. The van der Waals surface area contributed by atoms with Crippen molar-refractivity contribution in [2.75, 3.05) is 11.1 Å². The Morgan fingerprint density at radius 2 is 2.12 bits per heavy atom. The Kier molecular flexibility index (Phi) is 4.03. The fraction of sp³-hybridized carbons (Fsp3) is 0.300. The fourth-order valence-electron chi connectivity index (χ4n) is 3.22. The summed E-state index contributed by atoms with van der Waals surface area (Å²) in [7, 11) is 0. The highest BCUT2D eigenvalue weighted by molar-refractivity contribution is 6.00. The minimum atomic E-state index is 0.0419. The number of pyridine rings is 3. The van der Waals surface area contributed by atoms with Gasteiger partial charge in [0.15, 0.2) is 0 Å². The van der Waals surface area contributed by atoms with Gasteiger partial charge in [0.05, 0.1) is 5.69 Å². The first kappa shape index (κ1) is 16.4. The number of nitrogens with one attached hydrogen (secondary N) is 1. The van der Waals surface area contributed by atoms with Gasteiger partial charge < -0.3 is 11.1 Å². The molecule has 132 valence electrons. The molecule has 3 N–H and O–H groups in total. The topological polar surface area (TPSA) is 93.8 Å². The number of carbonyl (C=O) groups excluding carboxylic acids is 1. The Morgan fingerprint density at radius 1 is 1.31 bits per heavy atom. The molecule has 0 bridgehead atoms. The van der Waals surface area contributed by atoms with E-state index in [2.05, 4.69) is 27.2 Å². The highest BCUT2D eigenvalue weighted by atomic mass is 16.2. The SMILES string of the molecule is CCc1c(-c2cnccc2C)nc(N)c2cnc(NC(=O)C3CC3)cc12. The second kappa shape index (κ2) is 6.37. The second-order valence-corrected chi connectivity index (χ2v) is 6.75. The van der Waals surface area contributed by atoms with Crippen molar-refractivity contribution in [1.29, 1.82) is 0 Å². The number of hydrogen-bond donors (Lipinski definition) is 2. The van der Waals surface area contributed by atoms with Gasteiger partial charge in [0.2, 0.25) is 5.91 Å². The second-order valence-electron chi connectivity index (χ2n) is 6.75. The molecule has 0 saturated heterocycles. The van der Waals surface area contributed by atoms with Crippen LogP contribution in [0.15, 0.2) is 30.7 Å². The number of fused-ring (bicyclic) bond motifs is 1. The van der Waals surface area contributed by atoms with E-state index >= 15 is 0 Å². The van der Waals surface area contributed by atoms with E-state index in [0.29, 0.717) is 11.6 Å². The molecule has 1 amide bonds. The van der Waals surface area contributed by atoms with Gasteiger partial charge in [-0.05, 0) is 54.8 Å². The van der Waals surface area contributed by atoms with Crippen LogP contribution in [0.1, 0.15) is 30.9 Å². The number of nitrogen functional groups attached to an aromatic ring is 1. The van der Waals surface area contributed by atoms with Crippen molar-refractivity contribution < 1.29 is 4.79 Å². The van der Waals surface area contributed by atoms with Gasteiger partial charge in [-0.1, -0.05) is 6.92 Å². The van der Waals surface area contributed by atoms with Crippen LogP contribution in [0.2, 0.25) is 0 Å². The molecule has 0 unspecified atom stereocenters.